The maximum atomic E-state index is 11.6. The molecule has 0 aliphatic rings. The molecule has 4 nitrogen and oxygen atoms in total. The Morgan fingerprint density at radius 3 is 2.67 bits per heavy atom. The highest BCUT2D eigenvalue weighted by Gasteiger charge is 2.01. The number of amides is 1. The molecule has 0 saturated carbocycles. The zero-order valence-corrected chi connectivity index (χ0v) is 10.9. The van der Waals surface area contributed by atoms with Crippen LogP contribution in [0.25, 0.3) is 0 Å². The largest absolute Gasteiger partial charge is 0.497 e. The minimum absolute atomic E-state index is 0.0411. The number of hydrogen-bond donors (Lipinski definition) is 2. The lowest BCUT2D eigenvalue weighted by atomic mass is 10.3. The fourth-order valence-corrected chi connectivity index (χ4v) is 1.43. The summed E-state index contributed by atoms with van der Waals surface area (Å²) in [7, 11) is 1.61. The van der Waals surface area contributed by atoms with E-state index in [-0.39, 0.29) is 5.91 Å². The molecule has 0 bridgehead atoms. The molecule has 0 saturated heterocycles. The molecule has 1 aromatic rings. The van der Waals surface area contributed by atoms with Crippen molar-refractivity contribution in [3.63, 3.8) is 0 Å². The molecule has 1 rings (SSSR count). The monoisotopic (exact) mass is 248 g/mol. The van der Waals surface area contributed by atoms with Crippen LogP contribution in [0.15, 0.2) is 36.4 Å². The van der Waals surface area contributed by atoms with Crippen LogP contribution in [0, 0.1) is 0 Å². The molecule has 1 aromatic carbocycles. The molecular weight excluding hydrogens is 228 g/mol. The molecule has 98 valence electrons. The van der Waals surface area contributed by atoms with Gasteiger partial charge in [0, 0.05) is 5.69 Å². The van der Waals surface area contributed by atoms with Gasteiger partial charge in [-0.15, -0.1) is 0 Å². The van der Waals surface area contributed by atoms with E-state index in [9.17, 15) is 4.79 Å². The van der Waals surface area contributed by atoms with Crippen LogP contribution < -0.4 is 15.4 Å². The first kappa shape index (κ1) is 14.3. The van der Waals surface area contributed by atoms with Crippen molar-refractivity contribution in [2.75, 3.05) is 25.5 Å². The number of anilines is 1. The van der Waals surface area contributed by atoms with Gasteiger partial charge in [-0.3, -0.25) is 4.79 Å². The fraction of sp³-hybridized carbons (Fsp3) is 0.357. The smallest absolute Gasteiger partial charge is 0.238 e. The quantitative estimate of drug-likeness (QED) is 0.574. The van der Waals surface area contributed by atoms with E-state index in [0.717, 1.165) is 24.4 Å². The van der Waals surface area contributed by atoms with Gasteiger partial charge in [-0.25, -0.2) is 0 Å². The Labute approximate surface area is 108 Å². The summed E-state index contributed by atoms with van der Waals surface area (Å²) in [5, 5.41) is 5.88. The number of methoxy groups -OCH3 is 1. The Bertz CT molecular complexity index is 385. The Balaban J connectivity index is 2.26. The molecule has 4 heteroatoms. The van der Waals surface area contributed by atoms with Crippen molar-refractivity contribution in [1.29, 1.82) is 0 Å². The average molecular weight is 248 g/mol. The molecule has 2 N–H and O–H groups in total. The first-order chi connectivity index (χ1) is 8.76. The maximum Gasteiger partial charge on any atom is 0.238 e. The topological polar surface area (TPSA) is 50.4 Å². The van der Waals surface area contributed by atoms with Crippen LogP contribution in [0.3, 0.4) is 0 Å². The van der Waals surface area contributed by atoms with Gasteiger partial charge >= 0.3 is 0 Å². The zero-order chi connectivity index (χ0) is 13.2. The summed E-state index contributed by atoms with van der Waals surface area (Å²) in [5.41, 5.74) is 0.774. The second-order valence-electron chi connectivity index (χ2n) is 3.81. The van der Waals surface area contributed by atoms with Crippen molar-refractivity contribution in [2.45, 2.75) is 13.3 Å². The normalized spacial score (nSPS) is 10.6. The summed E-state index contributed by atoms with van der Waals surface area (Å²) in [6.45, 7) is 3.11. The molecule has 18 heavy (non-hydrogen) atoms. The van der Waals surface area contributed by atoms with E-state index >= 15 is 0 Å². The van der Waals surface area contributed by atoms with E-state index in [0.29, 0.717) is 6.54 Å². The highest BCUT2D eigenvalue weighted by molar-refractivity contribution is 5.92. The van der Waals surface area contributed by atoms with E-state index in [1.165, 1.54) is 0 Å². The average Bonchev–Trinajstić information content (AvgIpc) is 2.39. The van der Waals surface area contributed by atoms with Crippen LogP contribution in [-0.2, 0) is 4.79 Å². The van der Waals surface area contributed by atoms with E-state index in [1.807, 2.05) is 37.3 Å². The highest BCUT2D eigenvalue weighted by atomic mass is 16.5. The van der Waals surface area contributed by atoms with Crippen molar-refractivity contribution < 1.29 is 9.53 Å². The van der Waals surface area contributed by atoms with E-state index < -0.39 is 0 Å². The predicted molar refractivity (Wildman–Crippen MR) is 73.9 cm³/mol. The standard InChI is InChI=1S/C14H20N2O2/c1-3-4-5-10-15-11-14(17)16-12-6-8-13(18-2)9-7-12/h3-4,6-9,15H,5,10-11H2,1-2H3,(H,16,17)/b4-3+. The van der Waals surface area contributed by atoms with Crippen molar-refractivity contribution >= 4 is 11.6 Å². The number of allylic oxidation sites excluding steroid dienone is 1. The summed E-state index contributed by atoms with van der Waals surface area (Å²) in [4.78, 5) is 11.6. The Morgan fingerprint density at radius 2 is 2.06 bits per heavy atom. The van der Waals surface area contributed by atoms with Gasteiger partial charge < -0.3 is 15.4 Å². The van der Waals surface area contributed by atoms with Gasteiger partial charge in [0.25, 0.3) is 0 Å². The summed E-state index contributed by atoms with van der Waals surface area (Å²) in [6, 6.07) is 7.26. The molecule has 0 aliphatic carbocycles. The van der Waals surface area contributed by atoms with Gasteiger partial charge in [-0.1, -0.05) is 12.2 Å². The lowest BCUT2D eigenvalue weighted by Crippen LogP contribution is -2.28. The van der Waals surface area contributed by atoms with Gasteiger partial charge in [0.2, 0.25) is 5.91 Å². The van der Waals surface area contributed by atoms with Gasteiger partial charge in [0.15, 0.2) is 0 Å². The van der Waals surface area contributed by atoms with Crippen molar-refractivity contribution in [3.05, 3.63) is 36.4 Å². The third kappa shape index (κ3) is 5.50. The number of ether oxygens (including phenoxy) is 1. The molecule has 0 fully saturated rings. The number of nitrogens with one attached hydrogen (secondary N) is 2. The SMILES string of the molecule is C/C=C/CCNCC(=O)Nc1ccc(OC)cc1. The van der Waals surface area contributed by atoms with Crippen LogP contribution in [0.4, 0.5) is 5.69 Å². The lowest BCUT2D eigenvalue weighted by Gasteiger charge is -2.06. The molecule has 0 aliphatic heterocycles. The minimum Gasteiger partial charge on any atom is -0.497 e. The first-order valence-corrected chi connectivity index (χ1v) is 6.02. The van der Waals surface area contributed by atoms with Crippen molar-refractivity contribution in [3.8, 4) is 5.75 Å². The van der Waals surface area contributed by atoms with Gasteiger partial charge in [-0.05, 0) is 44.2 Å². The summed E-state index contributed by atoms with van der Waals surface area (Å²) in [6.07, 6.45) is 5.00. The minimum atomic E-state index is -0.0411. The zero-order valence-electron chi connectivity index (χ0n) is 10.9. The molecular formula is C14H20N2O2. The van der Waals surface area contributed by atoms with E-state index in [4.69, 9.17) is 4.74 Å². The van der Waals surface area contributed by atoms with Crippen molar-refractivity contribution in [1.82, 2.24) is 5.32 Å². The van der Waals surface area contributed by atoms with Crippen LogP contribution in [0.5, 0.6) is 5.75 Å². The number of rotatable bonds is 7. The third-order valence-electron chi connectivity index (χ3n) is 2.38. The number of hydrogen-bond acceptors (Lipinski definition) is 3. The van der Waals surface area contributed by atoms with Crippen LogP contribution in [0.1, 0.15) is 13.3 Å². The molecule has 0 spiro atoms. The van der Waals surface area contributed by atoms with E-state index in [2.05, 4.69) is 16.7 Å². The Kier molecular flexibility index (Phi) is 6.58. The second kappa shape index (κ2) is 8.31. The third-order valence-corrected chi connectivity index (χ3v) is 2.38. The van der Waals surface area contributed by atoms with Crippen LogP contribution >= 0.6 is 0 Å². The molecule has 0 aromatic heterocycles. The molecule has 0 atom stereocenters. The number of carbonyl (C=O) groups excluding carboxylic acids is 1. The molecule has 0 unspecified atom stereocenters. The summed E-state index contributed by atoms with van der Waals surface area (Å²) < 4.78 is 5.05. The predicted octanol–water partition coefficient (Wildman–Crippen LogP) is 2.19. The van der Waals surface area contributed by atoms with Gasteiger partial charge in [0.1, 0.15) is 5.75 Å². The van der Waals surface area contributed by atoms with Crippen LogP contribution in [0.2, 0.25) is 0 Å². The summed E-state index contributed by atoms with van der Waals surface area (Å²) in [5.74, 6) is 0.734. The molecule has 0 heterocycles. The van der Waals surface area contributed by atoms with Crippen LogP contribution in [-0.4, -0.2) is 26.1 Å². The Morgan fingerprint density at radius 1 is 1.33 bits per heavy atom. The maximum absolute atomic E-state index is 11.6. The molecule has 0 radical (unpaired) electrons. The van der Waals surface area contributed by atoms with Crippen molar-refractivity contribution in [2.24, 2.45) is 0 Å². The van der Waals surface area contributed by atoms with E-state index in [1.54, 1.807) is 7.11 Å². The first-order valence-electron chi connectivity index (χ1n) is 6.02. The second-order valence-corrected chi connectivity index (χ2v) is 3.81. The summed E-state index contributed by atoms with van der Waals surface area (Å²) >= 11 is 0. The Hall–Kier alpha value is -1.81. The number of benzene rings is 1. The highest BCUT2D eigenvalue weighted by Crippen LogP contribution is 2.14. The van der Waals surface area contributed by atoms with Gasteiger partial charge in [0.05, 0.1) is 13.7 Å². The number of carbonyl (C=O) groups is 1. The lowest BCUT2D eigenvalue weighted by molar-refractivity contribution is -0.115. The molecule has 1 amide bonds. The fourth-order valence-electron chi connectivity index (χ4n) is 1.43. The van der Waals surface area contributed by atoms with Gasteiger partial charge in [-0.2, -0.15) is 0 Å².